The smallest absolute Gasteiger partial charge is 0.345 e. The number of rotatable bonds is 4. The molecule has 0 spiro atoms. The van der Waals surface area contributed by atoms with Crippen molar-refractivity contribution in [2.45, 2.75) is 50.5 Å². The summed E-state index contributed by atoms with van der Waals surface area (Å²) in [5.41, 5.74) is 0. The van der Waals surface area contributed by atoms with E-state index in [2.05, 4.69) is 11.6 Å². The van der Waals surface area contributed by atoms with Gasteiger partial charge in [-0.25, -0.2) is 17.9 Å². The minimum atomic E-state index is -3.64. The third-order valence-electron chi connectivity index (χ3n) is 3.79. The van der Waals surface area contributed by atoms with E-state index in [1.807, 2.05) is 0 Å². The lowest BCUT2D eigenvalue weighted by molar-refractivity contribution is 0.0702. The molecule has 2 rings (SSSR count). The number of aromatic carboxylic acids is 1. The number of nitrogens with one attached hydrogen (secondary N) is 1. The largest absolute Gasteiger partial charge is 0.477 e. The molecule has 2 atom stereocenters. The maximum atomic E-state index is 12.4. The fraction of sp³-hybridized carbons (Fsp3) is 0.615. The van der Waals surface area contributed by atoms with Gasteiger partial charge in [-0.3, -0.25) is 0 Å². The molecule has 0 saturated heterocycles. The number of hydrogen-bond acceptors (Lipinski definition) is 4. The van der Waals surface area contributed by atoms with E-state index in [1.54, 1.807) is 6.92 Å². The van der Waals surface area contributed by atoms with E-state index in [-0.39, 0.29) is 15.8 Å². The fourth-order valence-corrected chi connectivity index (χ4v) is 5.40. The Morgan fingerprint density at radius 1 is 1.40 bits per heavy atom. The molecule has 0 aliphatic heterocycles. The van der Waals surface area contributed by atoms with E-state index in [1.165, 1.54) is 6.07 Å². The quantitative estimate of drug-likeness (QED) is 0.894. The first-order chi connectivity index (χ1) is 9.31. The maximum Gasteiger partial charge on any atom is 0.345 e. The number of carboxylic acids is 1. The van der Waals surface area contributed by atoms with Gasteiger partial charge < -0.3 is 5.11 Å². The van der Waals surface area contributed by atoms with Crippen LogP contribution in [-0.2, 0) is 10.0 Å². The van der Waals surface area contributed by atoms with Gasteiger partial charge in [0.15, 0.2) is 0 Å². The molecule has 2 N–H and O–H groups in total. The highest BCUT2D eigenvalue weighted by Crippen LogP contribution is 2.29. The van der Waals surface area contributed by atoms with Crippen LogP contribution in [0.4, 0.5) is 0 Å². The van der Waals surface area contributed by atoms with Gasteiger partial charge >= 0.3 is 5.97 Å². The number of carboxylic acid groups (broad SMARTS) is 1. The van der Waals surface area contributed by atoms with Crippen LogP contribution in [0, 0.1) is 12.8 Å². The van der Waals surface area contributed by atoms with Gasteiger partial charge in [0.2, 0.25) is 10.0 Å². The van der Waals surface area contributed by atoms with Crippen molar-refractivity contribution in [3.05, 3.63) is 15.8 Å². The zero-order valence-electron chi connectivity index (χ0n) is 11.5. The molecule has 1 saturated carbocycles. The van der Waals surface area contributed by atoms with E-state index in [0.717, 1.165) is 37.0 Å². The van der Waals surface area contributed by atoms with Crippen LogP contribution in [0.3, 0.4) is 0 Å². The van der Waals surface area contributed by atoms with Crippen molar-refractivity contribution in [2.24, 2.45) is 5.92 Å². The first-order valence-electron chi connectivity index (χ1n) is 6.67. The average molecular weight is 317 g/mol. The molecule has 1 aromatic heterocycles. The van der Waals surface area contributed by atoms with Crippen molar-refractivity contribution < 1.29 is 18.3 Å². The minimum absolute atomic E-state index is 0.0543. The Kier molecular flexibility index (Phi) is 4.51. The Bertz CT molecular complexity index is 606. The summed E-state index contributed by atoms with van der Waals surface area (Å²) < 4.78 is 27.6. The summed E-state index contributed by atoms with van der Waals surface area (Å²) in [5, 5.41) is 8.95. The zero-order chi connectivity index (χ0) is 14.9. The first kappa shape index (κ1) is 15.5. The third kappa shape index (κ3) is 3.21. The topological polar surface area (TPSA) is 83.5 Å². The molecular formula is C13H19NO4S2. The number of hydrogen-bond donors (Lipinski definition) is 2. The summed E-state index contributed by atoms with van der Waals surface area (Å²) in [7, 11) is -3.64. The summed E-state index contributed by atoms with van der Waals surface area (Å²) in [6.07, 6.45) is 4.03. The third-order valence-corrected chi connectivity index (χ3v) is 6.57. The van der Waals surface area contributed by atoms with E-state index in [9.17, 15) is 13.2 Å². The Balaban J connectivity index is 2.24. The van der Waals surface area contributed by atoms with Gasteiger partial charge in [-0.05, 0) is 31.7 Å². The van der Waals surface area contributed by atoms with Crippen LogP contribution >= 0.6 is 11.3 Å². The molecule has 0 aromatic carbocycles. The lowest BCUT2D eigenvalue weighted by Gasteiger charge is -2.29. The van der Waals surface area contributed by atoms with E-state index in [4.69, 9.17) is 5.11 Å². The number of aryl methyl sites for hydroxylation is 1. The van der Waals surface area contributed by atoms with Crippen LogP contribution in [0.25, 0.3) is 0 Å². The molecule has 20 heavy (non-hydrogen) atoms. The zero-order valence-corrected chi connectivity index (χ0v) is 13.2. The van der Waals surface area contributed by atoms with E-state index < -0.39 is 16.0 Å². The monoisotopic (exact) mass is 317 g/mol. The molecule has 0 radical (unpaired) electrons. The maximum absolute atomic E-state index is 12.4. The van der Waals surface area contributed by atoms with Crippen molar-refractivity contribution in [1.29, 1.82) is 0 Å². The molecular weight excluding hydrogens is 298 g/mol. The van der Waals surface area contributed by atoms with Gasteiger partial charge in [0.25, 0.3) is 0 Å². The molecule has 5 nitrogen and oxygen atoms in total. The first-order valence-corrected chi connectivity index (χ1v) is 8.97. The molecule has 1 fully saturated rings. The molecule has 112 valence electrons. The van der Waals surface area contributed by atoms with Crippen LogP contribution in [-0.4, -0.2) is 25.5 Å². The average Bonchev–Trinajstić information content (AvgIpc) is 2.75. The molecule has 7 heteroatoms. The van der Waals surface area contributed by atoms with Crippen molar-refractivity contribution in [3.8, 4) is 0 Å². The SMILES string of the molecule is Cc1sc(C(=O)O)cc1S(=O)(=O)NC1CCCCC1C. The summed E-state index contributed by atoms with van der Waals surface area (Å²) in [5.74, 6) is -0.776. The van der Waals surface area contributed by atoms with Crippen molar-refractivity contribution in [3.63, 3.8) is 0 Å². The number of carbonyl (C=O) groups is 1. The lowest BCUT2D eigenvalue weighted by atomic mass is 9.87. The lowest BCUT2D eigenvalue weighted by Crippen LogP contribution is -2.41. The van der Waals surface area contributed by atoms with Crippen LogP contribution in [0.1, 0.15) is 47.2 Å². The summed E-state index contributed by atoms with van der Waals surface area (Å²) in [6.45, 7) is 3.69. The summed E-state index contributed by atoms with van der Waals surface area (Å²) in [4.78, 5) is 11.6. The van der Waals surface area contributed by atoms with E-state index in [0.29, 0.717) is 10.8 Å². The Labute approximate surface area is 123 Å². The highest BCUT2D eigenvalue weighted by Gasteiger charge is 2.29. The van der Waals surface area contributed by atoms with Gasteiger partial charge in [0, 0.05) is 10.9 Å². The fourth-order valence-electron chi connectivity index (χ4n) is 2.59. The molecule has 0 bridgehead atoms. The highest BCUT2D eigenvalue weighted by atomic mass is 32.2. The van der Waals surface area contributed by atoms with Crippen molar-refractivity contribution in [2.75, 3.05) is 0 Å². The van der Waals surface area contributed by atoms with E-state index >= 15 is 0 Å². The predicted octanol–water partition coefficient (Wildman–Crippen LogP) is 2.61. The van der Waals surface area contributed by atoms with Crippen molar-refractivity contribution >= 4 is 27.3 Å². The Morgan fingerprint density at radius 2 is 2.05 bits per heavy atom. The van der Waals surface area contributed by atoms with Crippen LogP contribution in [0.5, 0.6) is 0 Å². The molecule has 1 aromatic rings. The van der Waals surface area contributed by atoms with Gasteiger partial charge in [0.05, 0.1) is 4.90 Å². The standard InChI is InChI=1S/C13H19NO4S2/c1-8-5-3-4-6-10(8)14-20(17,18)12-7-11(13(15)16)19-9(12)2/h7-8,10,14H,3-6H2,1-2H3,(H,15,16). The number of sulfonamides is 1. The van der Waals surface area contributed by atoms with Gasteiger partial charge in [0.1, 0.15) is 4.88 Å². The summed E-state index contributed by atoms with van der Waals surface area (Å²) >= 11 is 0.993. The van der Waals surface area contributed by atoms with Gasteiger partial charge in [-0.15, -0.1) is 11.3 Å². The molecule has 1 heterocycles. The second-order valence-corrected chi connectivity index (χ2v) is 8.26. The van der Waals surface area contributed by atoms with Crippen molar-refractivity contribution in [1.82, 2.24) is 4.72 Å². The van der Waals surface area contributed by atoms with Crippen LogP contribution in [0.2, 0.25) is 0 Å². The predicted molar refractivity (Wildman–Crippen MR) is 77.8 cm³/mol. The molecule has 2 unspecified atom stereocenters. The van der Waals surface area contributed by atoms with Gasteiger partial charge in [-0.1, -0.05) is 19.8 Å². The minimum Gasteiger partial charge on any atom is -0.477 e. The second kappa shape index (κ2) is 5.83. The van der Waals surface area contributed by atoms with Crippen LogP contribution < -0.4 is 4.72 Å². The van der Waals surface area contributed by atoms with Crippen LogP contribution in [0.15, 0.2) is 11.0 Å². The second-order valence-electron chi connectivity index (χ2n) is 5.33. The van der Waals surface area contributed by atoms with Gasteiger partial charge in [-0.2, -0.15) is 0 Å². The highest BCUT2D eigenvalue weighted by molar-refractivity contribution is 7.89. The molecule has 1 aliphatic carbocycles. The Morgan fingerprint density at radius 3 is 2.60 bits per heavy atom. The molecule has 0 amide bonds. The Hall–Kier alpha value is -0.920. The molecule has 1 aliphatic rings. The summed E-state index contributed by atoms with van der Waals surface area (Å²) in [6, 6.07) is 1.19. The number of thiophene rings is 1. The normalized spacial score (nSPS) is 23.7.